The third-order valence-electron chi connectivity index (χ3n) is 22.3. The van der Waals surface area contributed by atoms with Crippen LogP contribution in [0, 0.1) is 38.0 Å². The Balaban J connectivity index is 0.000000165. The van der Waals surface area contributed by atoms with E-state index in [1.165, 1.54) is 38.5 Å². The molecular weight excluding hydrogens is 1880 g/mol. The predicted molar refractivity (Wildman–Crippen MR) is 538 cm³/mol. The number of sulfone groups is 1. The topological polar surface area (TPSA) is 438 Å². The van der Waals surface area contributed by atoms with Gasteiger partial charge in [0.05, 0.1) is 111 Å². The number of nitrogens with zero attached hydrogens (tertiary/aromatic N) is 3. The van der Waals surface area contributed by atoms with Crippen molar-refractivity contribution in [3.8, 4) is 90.1 Å². The number of carbonyl (C=O) groups excluding carboxylic acids is 7. The Hall–Kier alpha value is -15.8. The van der Waals surface area contributed by atoms with E-state index in [1.807, 2.05) is 115 Å². The van der Waals surface area contributed by atoms with Gasteiger partial charge in [-0.15, -0.1) is 0 Å². The van der Waals surface area contributed by atoms with Crippen LogP contribution in [0.5, 0.6) is 34.5 Å². The van der Waals surface area contributed by atoms with Gasteiger partial charge in [-0.05, 0) is 266 Å². The Bertz CT molecular complexity index is 6530. The number of non-ortho nitro benzene ring substituents is 2. The second-order valence-corrected chi connectivity index (χ2v) is 35.3. The van der Waals surface area contributed by atoms with Crippen molar-refractivity contribution in [2.24, 2.45) is 17.8 Å². The van der Waals surface area contributed by atoms with Crippen molar-refractivity contribution in [3.05, 3.63) is 313 Å². The highest BCUT2D eigenvalue weighted by Gasteiger charge is 2.33. The van der Waals surface area contributed by atoms with Crippen molar-refractivity contribution in [1.29, 1.82) is 0 Å². The molecule has 0 spiro atoms. The lowest BCUT2D eigenvalue weighted by Crippen LogP contribution is -2.39. The number of nitrogens with two attached hydrogens (primary N) is 1. The maximum atomic E-state index is 12.8. The summed E-state index contributed by atoms with van der Waals surface area (Å²) in [7, 11) is 6.51. The predicted octanol–water partition coefficient (Wildman–Crippen LogP) is 20.4. The first-order valence-electron chi connectivity index (χ1n) is 44.7. The first kappa shape index (κ1) is 105. The highest BCUT2D eigenvalue weighted by molar-refractivity contribution is 9.10. The molecule has 1 heterocycles. The fourth-order valence-corrected chi connectivity index (χ4v) is 16.0. The average molecular weight is 1990 g/mol. The first-order valence-corrected chi connectivity index (χ1v) is 47.3. The summed E-state index contributed by atoms with van der Waals surface area (Å²) < 4.78 is 70.5. The van der Waals surface area contributed by atoms with E-state index in [4.69, 9.17) is 53.5 Å². The fraction of sp³-hybridized carbons (Fsp3) is 0.245. The summed E-state index contributed by atoms with van der Waals surface area (Å²) in [6.07, 6.45) is 5.70. The normalized spacial score (nSPS) is 13.0. The number of carboxylic acid groups (broad SMARTS) is 1. The Morgan fingerprint density at radius 3 is 0.986 bits per heavy atom. The van der Waals surface area contributed by atoms with Crippen LogP contribution < -0.4 is 55.4 Å². The van der Waals surface area contributed by atoms with Crippen LogP contribution in [-0.2, 0) is 45.0 Å². The number of nitrogen functional groups attached to an aromatic ring is 1. The molecule has 3 saturated carbocycles. The minimum Gasteiger partial charge on any atom is -0.496 e. The van der Waals surface area contributed by atoms with Crippen molar-refractivity contribution < 1.29 is 104 Å². The summed E-state index contributed by atoms with van der Waals surface area (Å²) in [5.41, 5.74) is 20.8. The third-order valence-corrected chi connectivity index (χ3v) is 24.5. The van der Waals surface area contributed by atoms with Crippen molar-refractivity contribution in [3.63, 3.8) is 0 Å². The number of methoxy groups -OCH3 is 6. The Kier molecular flexibility index (Phi) is 37.6. The van der Waals surface area contributed by atoms with E-state index in [1.54, 1.807) is 164 Å². The number of amides is 4. The van der Waals surface area contributed by atoms with E-state index in [-0.39, 0.29) is 81.8 Å². The van der Waals surface area contributed by atoms with Crippen molar-refractivity contribution in [2.75, 3.05) is 114 Å². The second kappa shape index (κ2) is 50.3. The van der Waals surface area contributed by atoms with Gasteiger partial charge in [0, 0.05) is 123 Å². The van der Waals surface area contributed by atoms with Crippen LogP contribution in [-0.4, -0.2) is 163 Å². The number of benzene rings is 12. The number of anilines is 5. The number of ether oxygens (including phenoxy) is 9. The van der Waals surface area contributed by atoms with E-state index in [0.717, 1.165) is 100 Å². The van der Waals surface area contributed by atoms with Crippen LogP contribution in [0.4, 0.5) is 39.8 Å². The number of hydrogen-bond donors (Lipinski definition) is 6. The quantitative estimate of drug-likeness (QED) is 0.00800. The molecule has 0 radical (unpaired) electrons. The molecule has 12 aromatic carbocycles. The fourth-order valence-electron chi connectivity index (χ4n) is 14.2. The Labute approximate surface area is 818 Å². The number of carbonyl (C=O) groups is 8. The molecule has 0 atom stereocenters. The maximum absolute atomic E-state index is 12.8. The number of nitrogens with one attached hydrogen (secondary N) is 4. The molecule has 140 heavy (non-hydrogen) atoms. The van der Waals surface area contributed by atoms with Gasteiger partial charge in [0.1, 0.15) is 34.5 Å². The number of hydrogen-bond acceptors (Lipinski definition) is 25. The zero-order valence-electron chi connectivity index (χ0n) is 78.4. The zero-order chi connectivity index (χ0) is 101. The SMILES string of the molecule is CCOC(=O)c1ccc(-c2cc(N)ccc2OC)cc1.CCOC(=O)c1ccc(-c2cc(NC(=O)C3CC3)ccc2OC)cc1.CCOC(=O)c1ccc(-c2cc([N+](=O)[O-])ccc2OC)cc1.COc1ccc(NC(=O)C2CC2)cc1-c1ccc(C(=O)Nc2ccc(CN3CCS(=O)(=O)CC3)cc2)cc1.COc1ccc(NC(=O)C2CC2)cc1-c1ccc(C(=O)O)cc1.COc1ccc([N+](=O)[O-])cc1Br. The van der Waals surface area contributed by atoms with Crippen LogP contribution in [0.1, 0.15) is 117 Å². The largest absolute Gasteiger partial charge is 0.496 e. The molecule has 0 unspecified atom stereocenters. The van der Waals surface area contributed by atoms with E-state index in [0.29, 0.717) is 129 Å². The van der Waals surface area contributed by atoms with Crippen LogP contribution in [0.2, 0.25) is 0 Å². The summed E-state index contributed by atoms with van der Waals surface area (Å²) in [4.78, 5) is 117. The Morgan fingerprint density at radius 1 is 0.379 bits per heavy atom. The number of aromatic carboxylic acids is 1. The number of rotatable bonds is 30. The highest BCUT2D eigenvalue weighted by atomic mass is 79.9. The molecule has 34 heteroatoms. The molecule has 3 aliphatic carbocycles. The van der Waals surface area contributed by atoms with E-state index < -0.39 is 31.6 Å². The molecule has 4 fully saturated rings. The number of nitro groups is 2. The summed E-state index contributed by atoms with van der Waals surface area (Å²) in [5, 5.41) is 41.9. The van der Waals surface area contributed by atoms with Crippen molar-refractivity contribution >= 4 is 113 Å². The van der Waals surface area contributed by atoms with Gasteiger partial charge in [-0.3, -0.25) is 44.3 Å². The number of halogens is 1. The minimum absolute atomic E-state index is 0.0229. The van der Waals surface area contributed by atoms with Gasteiger partial charge >= 0.3 is 23.9 Å². The lowest BCUT2D eigenvalue weighted by Gasteiger charge is -2.26. The smallest absolute Gasteiger partial charge is 0.338 e. The molecule has 4 aliphatic rings. The van der Waals surface area contributed by atoms with Crippen LogP contribution >= 0.6 is 15.9 Å². The highest BCUT2D eigenvalue weighted by Crippen LogP contribution is 2.41. The van der Waals surface area contributed by atoms with Gasteiger partial charge in [-0.25, -0.2) is 27.6 Å². The lowest BCUT2D eigenvalue weighted by atomic mass is 10.0. The van der Waals surface area contributed by atoms with Gasteiger partial charge in [-0.2, -0.15) is 0 Å². The minimum atomic E-state index is -2.89. The van der Waals surface area contributed by atoms with Crippen LogP contribution in [0.3, 0.4) is 0 Å². The van der Waals surface area contributed by atoms with Crippen molar-refractivity contribution in [1.82, 2.24) is 4.90 Å². The van der Waals surface area contributed by atoms with E-state index in [2.05, 4.69) is 42.1 Å². The molecule has 7 N–H and O–H groups in total. The lowest BCUT2D eigenvalue weighted by molar-refractivity contribution is -0.385. The molecule has 4 amide bonds. The summed E-state index contributed by atoms with van der Waals surface area (Å²) in [6.45, 7) is 8.08. The zero-order valence-corrected chi connectivity index (χ0v) is 80.8. The van der Waals surface area contributed by atoms with Crippen molar-refractivity contribution in [2.45, 2.75) is 65.8 Å². The molecule has 728 valence electrons. The second-order valence-electron chi connectivity index (χ2n) is 32.1. The van der Waals surface area contributed by atoms with Crippen LogP contribution in [0.15, 0.2) is 259 Å². The number of esters is 3. The van der Waals surface area contributed by atoms with Gasteiger partial charge in [0.15, 0.2) is 9.84 Å². The van der Waals surface area contributed by atoms with Gasteiger partial charge in [0.25, 0.3) is 17.3 Å². The third kappa shape index (κ3) is 30.1. The summed E-state index contributed by atoms with van der Waals surface area (Å²) in [6, 6.07) is 73.0. The summed E-state index contributed by atoms with van der Waals surface area (Å²) >= 11 is 3.15. The molecule has 32 nitrogen and oxygen atoms in total. The molecular formula is C106H107BrN8O24S. The van der Waals surface area contributed by atoms with E-state index >= 15 is 0 Å². The monoisotopic (exact) mass is 1990 g/mol. The van der Waals surface area contributed by atoms with Gasteiger partial charge in [0.2, 0.25) is 17.7 Å². The first-order chi connectivity index (χ1) is 67.3. The molecule has 12 aromatic rings. The van der Waals surface area contributed by atoms with Gasteiger partial charge in [-0.1, -0.05) is 72.8 Å². The Morgan fingerprint density at radius 2 is 0.671 bits per heavy atom. The summed E-state index contributed by atoms with van der Waals surface area (Å²) in [5.74, 6) is 2.60. The van der Waals surface area contributed by atoms with Crippen LogP contribution in [0.25, 0.3) is 55.6 Å². The van der Waals surface area contributed by atoms with Gasteiger partial charge < -0.3 is 74.7 Å². The maximum Gasteiger partial charge on any atom is 0.338 e. The average Bonchev–Trinajstić information content (AvgIpc) is 1.42. The molecule has 0 aromatic heterocycles. The number of carboxylic acids is 1. The molecule has 1 saturated heterocycles. The molecule has 1 aliphatic heterocycles. The van der Waals surface area contributed by atoms with E-state index in [9.17, 15) is 67.0 Å². The number of nitro benzene ring substituents is 2. The standard InChI is InChI=1S/C29H31N3O5S.C20H21NO4.C18H17NO4.C16H15NO5.C16H17NO3.C7H6BrNO3/c1-37-27-13-12-25(31-29(34)23-8-9-23)18-26(27)21-4-6-22(7-5-21)28(33)30-24-10-2-20(3-11-24)19-32-14-16-38(35,36)17-15-32;1-3-25-20(23)15-8-4-13(5-9-15)17-12-16(10-11-18(17)24-2)21-19(22)14-6-7-14;1-23-16-9-8-14(19-17(20)12-4-5-12)10-15(16)11-2-6-13(7-3-11)18(21)22;1-3-22-16(18)12-6-4-11(5-7-12)14-10-13(17(19)20)8-9-15(14)21-2;1-3-20-16(18)12-6-4-11(5-7-12)14-10-13(17)8-9-15(14)19-2;1-12-7-3-2-5(9(10)11)4-6(7)8/h2-7,10-13,18,23H,8-9,14-17,19H2,1H3,(H,30,33)(H,31,34);4-5,8-12,14H,3,6-7H2,1-2H3,(H,21,22);2-3,6-10,12H,4-5H2,1H3,(H,19,20)(H,21,22);4-10H,3H2,1-2H3;4-10H,3,17H2,1-2H3;2-4H,1H3. The molecule has 0 bridgehead atoms. The molecule has 16 rings (SSSR count).